The van der Waals surface area contributed by atoms with Gasteiger partial charge in [-0.3, -0.25) is 14.9 Å². The number of esters is 1. The van der Waals surface area contributed by atoms with Crippen molar-refractivity contribution in [2.45, 2.75) is 33.3 Å². The molecule has 1 aromatic rings. The van der Waals surface area contributed by atoms with Crippen molar-refractivity contribution >= 4 is 31.3 Å². The molecule has 34 heavy (non-hydrogen) atoms. The zero-order valence-corrected chi connectivity index (χ0v) is 17.1. The Kier molecular flexibility index (Phi) is 7.60. The van der Waals surface area contributed by atoms with E-state index in [9.17, 15) is 75.6 Å². The summed E-state index contributed by atoms with van der Waals surface area (Å²) in [5.74, 6) is -11.3. The van der Waals surface area contributed by atoms with E-state index in [4.69, 9.17) is 0 Å². The van der Waals surface area contributed by atoms with Crippen molar-refractivity contribution in [3.8, 4) is 0 Å². The van der Waals surface area contributed by atoms with E-state index in [0.29, 0.717) is 0 Å². The number of benzene rings is 1. The second-order valence-electron chi connectivity index (χ2n) is 6.01. The number of nitro groups is 1. The van der Waals surface area contributed by atoms with E-state index in [-0.39, 0.29) is 12.1 Å². The van der Waals surface area contributed by atoms with Gasteiger partial charge in [-0.2, -0.15) is 43.9 Å². The Labute approximate surface area is 181 Å². The lowest BCUT2D eigenvalue weighted by molar-refractivity contribution is -0.388. The molecular formula is C13H7F10NO8S2. The number of rotatable bonds is 8. The van der Waals surface area contributed by atoms with Crippen LogP contribution in [-0.2, 0) is 29.2 Å². The summed E-state index contributed by atoms with van der Waals surface area (Å²) in [7, 11) is -12.4. The van der Waals surface area contributed by atoms with Crippen molar-refractivity contribution in [1.29, 1.82) is 0 Å². The van der Waals surface area contributed by atoms with Crippen molar-refractivity contribution in [2.75, 3.05) is 12.4 Å². The number of ether oxygens (including phenoxy) is 1. The Morgan fingerprint density at radius 1 is 0.941 bits per heavy atom. The SMILES string of the molecule is O=C(CS(=O)(=O)c1ccc(S(=O)(=O)C(F)(F)C(F)(F)C(F)(F)F)cc1[N+](=O)[O-])OCC(F)(F)F. The van der Waals surface area contributed by atoms with Gasteiger partial charge in [0.15, 0.2) is 22.2 Å². The molecule has 21 heteroatoms. The number of carbonyl (C=O) groups excluding carboxylic acids is 1. The number of sulfone groups is 2. The van der Waals surface area contributed by atoms with E-state index < -0.39 is 88.0 Å². The third kappa shape index (κ3) is 5.67. The molecule has 194 valence electrons. The molecular weight excluding hydrogens is 552 g/mol. The van der Waals surface area contributed by atoms with Gasteiger partial charge in [-0.05, 0) is 12.1 Å². The van der Waals surface area contributed by atoms with Gasteiger partial charge in [0.25, 0.3) is 15.5 Å². The normalized spacial score (nSPS) is 14.1. The Morgan fingerprint density at radius 3 is 1.85 bits per heavy atom. The Hall–Kier alpha value is -2.71. The molecule has 0 bridgehead atoms. The number of carbonyl (C=O) groups is 1. The molecule has 0 aliphatic heterocycles. The fourth-order valence-electron chi connectivity index (χ4n) is 1.99. The average Bonchev–Trinajstić information content (AvgIpc) is 2.63. The van der Waals surface area contributed by atoms with Crippen LogP contribution in [0.15, 0.2) is 28.0 Å². The van der Waals surface area contributed by atoms with Gasteiger partial charge in [0.2, 0.25) is 0 Å². The van der Waals surface area contributed by atoms with Gasteiger partial charge in [0, 0.05) is 6.07 Å². The van der Waals surface area contributed by atoms with Gasteiger partial charge >= 0.3 is 29.5 Å². The summed E-state index contributed by atoms with van der Waals surface area (Å²) in [4.78, 5) is 16.6. The molecule has 0 saturated carbocycles. The van der Waals surface area contributed by atoms with Crippen LogP contribution < -0.4 is 0 Å². The minimum Gasteiger partial charge on any atom is -0.455 e. The number of nitrogens with zero attached hydrogens (tertiary/aromatic N) is 1. The molecule has 0 aromatic heterocycles. The smallest absolute Gasteiger partial charge is 0.455 e. The number of alkyl halides is 10. The predicted octanol–water partition coefficient (Wildman–Crippen LogP) is 3.04. The molecule has 0 saturated heterocycles. The molecule has 0 aliphatic rings. The molecule has 0 N–H and O–H groups in total. The first-order chi connectivity index (χ1) is 14.9. The summed E-state index contributed by atoms with van der Waals surface area (Å²) in [6.07, 6.45) is -12.2. The summed E-state index contributed by atoms with van der Waals surface area (Å²) >= 11 is 0. The van der Waals surface area contributed by atoms with Crippen LogP contribution in [0.3, 0.4) is 0 Å². The van der Waals surface area contributed by atoms with Gasteiger partial charge < -0.3 is 4.74 Å². The third-order valence-electron chi connectivity index (χ3n) is 3.54. The zero-order valence-electron chi connectivity index (χ0n) is 15.5. The van der Waals surface area contributed by atoms with Crippen molar-refractivity contribution in [2.24, 2.45) is 0 Å². The van der Waals surface area contributed by atoms with Crippen molar-refractivity contribution in [3.63, 3.8) is 0 Å². The largest absolute Gasteiger partial charge is 0.461 e. The van der Waals surface area contributed by atoms with Gasteiger partial charge in [-0.1, -0.05) is 0 Å². The zero-order chi connectivity index (χ0) is 27.1. The molecule has 1 aromatic carbocycles. The summed E-state index contributed by atoms with van der Waals surface area (Å²) in [6, 6.07) is -1.14. The predicted molar refractivity (Wildman–Crippen MR) is 85.3 cm³/mol. The van der Waals surface area contributed by atoms with E-state index in [1.54, 1.807) is 0 Å². The molecule has 0 aliphatic carbocycles. The highest BCUT2D eigenvalue weighted by atomic mass is 32.2. The lowest BCUT2D eigenvalue weighted by Gasteiger charge is -2.27. The van der Waals surface area contributed by atoms with Crippen LogP contribution in [0.25, 0.3) is 0 Å². The Morgan fingerprint density at radius 2 is 1.44 bits per heavy atom. The maximum Gasteiger partial charge on any atom is 0.461 e. The van der Waals surface area contributed by atoms with Gasteiger partial charge in [0.05, 0.1) is 9.82 Å². The number of hydrogen-bond acceptors (Lipinski definition) is 8. The third-order valence-corrected chi connectivity index (χ3v) is 6.97. The summed E-state index contributed by atoms with van der Waals surface area (Å²) in [5.41, 5.74) is -1.99. The molecule has 1 rings (SSSR count). The molecule has 0 radical (unpaired) electrons. The number of halogens is 10. The van der Waals surface area contributed by atoms with Gasteiger partial charge in [-0.15, -0.1) is 0 Å². The first kappa shape index (κ1) is 29.3. The average molecular weight is 559 g/mol. The Balaban J connectivity index is 3.54. The molecule has 0 amide bonds. The monoisotopic (exact) mass is 559 g/mol. The molecule has 0 heterocycles. The maximum absolute atomic E-state index is 13.7. The van der Waals surface area contributed by atoms with E-state index in [2.05, 4.69) is 4.74 Å². The highest BCUT2D eigenvalue weighted by Crippen LogP contribution is 2.51. The van der Waals surface area contributed by atoms with Crippen LogP contribution in [0.5, 0.6) is 0 Å². The molecule has 0 spiro atoms. The number of nitro benzene ring substituents is 1. The minimum atomic E-state index is -7.19. The lowest BCUT2D eigenvalue weighted by atomic mass is 10.3. The van der Waals surface area contributed by atoms with E-state index in [0.717, 1.165) is 0 Å². The van der Waals surface area contributed by atoms with Crippen LogP contribution in [-0.4, -0.2) is 63.6 Å². The van der Waals surface area contributed by atoms with Crippen molar-refractivity contribution in [3.05, 3.63) is 28.3 Å². The molecule has 0 unspecified atom stereocenters. The van der Waals surface area contributed by atoms with Gasteiger partial charge in [0.1, 0.15) is 4.90 Å². The highest BCUT2D eigenvalue weighted by molar-refractivity contribution is 7.93. The minimum absolute atomic E-state index is 0.209. The van der Waals surface area contributed by atoms with E-state index in [1.807, 2.05) is 0 Å². The summed E-state index contributed by atoms with van der Waals surface area (Å²) < 4.78 is 178. The van der Waals surface area contributed by atoms with Crippen LogP contribution >= 0.6 is 0 Å². The topological polar surface area (TPSA) is 138 Å². The van der Waals surface area contributed by atoms with Crippen LogP contribution in [0.2, 0.25) is 0 Å². The lowest BCUT2D eigenvalue weighted by Crippen LogP contribution is -2.55. The van der Waals surface area contributed by atoms with Gasteiger partial charge in [-0.25, -0.2) is 16.8 Å². The van der Waals surface area contributed by atoms with Crippen LogP contribution in [0.4, 0.5) is 49.6 Å². The fourth-order valence-corrected chi connectivity index (χ4v) is 4.53. The van der Waals surface area contributed by atoms with Crippen molar-refractivity contribution < 1.29 is 75.2 Å². The summed E-state index contributed by atoms with van der Waals surface area (Å²) in [6.45, 7) is -2.27. The van der Waals surface area contributed by atoms with E-state index in [1.165, 1.54) is 0 Å². The molecule has 0 atom stereocenters. The maximum atomic E-state index is 13.7. The summed E-state index contributed by atoms with van der Waals surface area (Å²) in [5, 5.41) is 4.14. The first-order valence-corrected chi connectivity index (χ1v) is 10.8. The second-order valence-corrected chi connectivity index (χ2v) is 9.96. The first-order valence-electron chi connectivity index (χ1n) is 7.69. The van der Waals surface area contributed by atoms with Crippen LogP contribution in [0, 0.1) is 10.1 Å². The Bertz CT molecular complexity index is 1190. The standard InChI is InChI=1S/C13H7F10NO8S2/c14-10(15,16)5-32-9(25)4-33(28,29)8-2-1-6(3-7(8)24(26)27)34(30,31)13(22,23)11(17,18)12(19,20)21/h1-3H,4-5H2. The molecule has 0 fully saturated rings. The van der Waals surface area contributed by atoms with Crippen LogP contribution in [0.1, 0.15) is 0 Å². The quantitative estimate of drug-likeness (QED) is 0.205. The second kappa shape index (κ2) is 8.82. The highest BCUT2D eigenvalue weighted by Gasteiger charge is 2.78. The van der Waals surface area contributed by atoms with E-state index >= 15 is 0 Å². The number of hydrogen-bond donors (Lipinski definition) is 0. The molecule has 9 nitrogen and oxygen atoms in total. The fraction of sp³-hybridized carbons (Fsp3) is 0.462. The van der Waals surface area contributed by atoms with Crippen molar-refractivity contribution in [1.82, 2.24) is 0 Å².